The maximum atomic E-state index is 13.1. The van der Waals surface area contributed by atoms with E-state index in [9.17, 15) is 22.0 Å². The molecule has 0 aromatic heterocycles. The second-order valence-corrected chi connectivity index (χ2v) is 7.23. The van der Waals surface area contributed by atoms with Crippen LogP contribution in [0.3, 0.4) is 0 Å². The molecule has 0 aliphatic heterocycles. The normalized spacial score (nSPS) is 16.7. The Labute approximate surface area is 122 Å². The van der Waals surface area contributed by atoms with E-state index >= 15 is 0 Å². The number of carbonyl (C=O) groups is 1. The van der Waals surface area contributed by atoms with Gasteiger partial charge in [0.25, 0.3) is 0 Å². The molecule has 7 heteroatoms. The lowest BCUT2D eigenvalue weighted by molar-refractivity contribution is -0.119. The third-order valence-electron chi connectivity index (χ3n) is 3.54. The second-order valence-electron chi connectivity index (χ2n) is 5.24. The fourth-order valence-corrected chi connectivity index (χ4v) is 3.60. The van der Waals surface area contributed by atoms with Gasteiger partial charge in [-0.2, -0.15) is 0 Å². The molecule has 0 spiro atoms. The minimum absolute atomic E-state index is 0.00593. The van der Waals surface area contributed by atoms with Gasteiger partial charge < -0.3 is 5.32 Å². The van der Waals surface area contributed by atoms with Gasteiger partial charge >= 0.3 is 0 Å². The maximum absolute atomic E-state index is 13.1. The number of rotatable bonds is 4. The summed E-state index contributed by atoms with van der Waals surface area (Å²) >= 11 is 0. The quantitative estimate of drug-likeness (QED) is 0.866. The Morgan fingerprint density at radius 1 is 1.14 bits per heavy atom. The molecule has 1 N–H and O–H groups in total. The molecule has 1 amide bonds. The van der Waals surface area contributed by atoms with E-state index in [1.54, 1.807) is 0 Å². The third-order valence-corrected chi connectivity index (χ3v) is 5.16. The Morgan fingerprint density at radius 2 is 1.81 bits per heavy atom. The first-order chi connectivity index (χ1) is 9.88. The Hall–Kier alpha value is -1.50. The van der Waals surface area contributed by atoms with Crippen LogP contribution >= 0.6 is 0 Å². The molecule has 1 aromatic carbocycles. The smallest absolute Gasteiger partial charge is 0.235 e. The van der Waals surface area contributed by atoms with Crippen LogP contribution in [0.25, 0.3) is 0 Å². The molecule has 0 saturated heterocycles. The summed E-state index contributed by atoms with van der Waals surface area (Å²) in [5.41, 5.74) is 0. The summed E-state index contributed by atoms with van der Waals surface area (Å²) in [6.07, 6.45) is 4.84. The van der Waals surface area contributed by atoms with E-state index in [2.05, 4.69) is 5.32 Å². The monoisotopic (exact) mass is 317 g/mol. The predicted molar refractivity (Wildman–Crippen MR) is 73.4 cm³/mol. The van der Waals surface area contributed by atoms with Gasteiger partial charge in [-0.3, -0.25) is 4.79 Å². The zero-order valence-corrected chi connectivity index (χ0v) is 12.3. The van der Waals surface area contributed by atoms with E-state index in [0.29, 0.717) is 6.07 Å². The van der Waals surface area contributed by atoms with Crippen LogP contribution < -0.4 is 5.32 Å². The number of hydrogen-bond acceptors (Lipinski definition) is 3. The topological polar surface area (TPSA) is 63.2 Å². The maximum Gasteiger partial charge on any atom is 0.235 e. The van der Waals surface area contributed by atoms with Crippen molar-refractivity contribution in [1.29, 1.82) is 0 Å². The molecule has 1 aliphatic rings. The molecule has 0 heterocycles. The van der Waals surface area contributed by atoms with Gasteiger partial charge in [-0.05, 0) is 31.0 Å². The molecule has 1 fully saturated rings. The summed E-state index contributed by atoms with van der Waals surface area (Å²) < 4.78 is 49.9. The molecule has 21 heavy (non-hydrogen) atoms. The molecule has 1 aliphatic carbocycles. The molecule has 2 rings (SSSR count). The molecular weight excluding hydrogens is 300 g/mol. The number of hydrogen-bond donors (Lipinski definition) is 1. The molecule has 0 atom stereocenters. The van der Waals surface area contributed by atoms with Crippen LogP contribution in [0.15, 0.2) is 23.1 Å². The zero-order chi connectivity index (χ0) is 15.5. The van der Waals surface area contributed by atoms with E-state index in [1.807, 2.05) is 0 Å². The minimum atomic E-state index is -3.97. The van der Waals surface area contributed by atoms with Crippen molar-refractivity contribution in [3.63, 3.8) is 0 Å². The first kappa shape index (κ1) is 15.9. The molecule has 1 aromatic rings. The van der Waals surface area contributed by atoms with Gasteiger partial charge in [0, 0.05) is 6.04 Å². The van der Waals surface area contributed by atoms with Crippen molar-refractivity contribution in [1.82, 2.24) is 5.32 Å². The first-order valence-corrected chi connectivity index (χ1v) is 8.51. The Balaban J connectivity index is 2.02. The van der Waals surface area contributed by atoms with E-state index in [-0.39, 0.29) is 10.9 Å². The van der Waals surface area contributed by atoms with Crippen molar-refractivity contribution >= 4 is 15.7 Å². The van der Waals surface area contributed by atoms with Gasteiger partial charge in [-0.1, -0.05) is 19.3 Å². The molecule has 0 bridgehead atoms. The summed E-state index contributed by atoms with van der Waals surface area (Å²) in [4.78, 5) is 11.4. The lowest BCUT2D eigenvalue weighted by Gasteiger charge is -2.22. The second kappa shape index (κ2) is 6.51. The highest BCUT2D eigenvalue weighted by Crippen LogP contribution is 2.18. The standard InChI is InChI=1S/C14H17F2NO3S/c15-12-7-6-11(8-13(12)16)21(19,20)9-14(18)17-10-4-2-1-3-5-10/h6-8,10H,1-5,9H2,(H,17,18). The predicted octanol–water partition coefficient (Wildman–Crippen LogP) is 2.19. The SMILES string of the molecule is O=C(CS(=O)(=O)c1ccc(F)c(F)c1)NC1CCCCC1. The number of sulfone groups is 1. The summed E-state index contributed by atoms with van der Waals surface area (Å²) in [5.74, 6) is -3.73. The number of halogens is 2. The molecule has 116 valence electrons. The fraction of sp³-hybridized carbons (Fsp3) is 0.500. The fourth-order valence-electron chi connectivity index (χ4n) is 2.44. The Bertz CT molecular complexity index is 625. The van der Waals surface area contributed by atoms with Crippen LogP contribution in [0.1, 0.15) is 32.1 Å². The molecule has 1 saturated carbocycles. The van der Waals surface area contributed by atoms with Crippen molar-refractivity contribution in [2.24, 2.45) is 0 Å². The van der Waals surface area contributed by atoms with Crippen LogP contribution in [-0.4, -0.2) is 26.1 Å². The summed E-state index contributed by atoms with van der Waals surface area (Å²) in [6, 6.07) is 2.30. The largest absolute Gasteiger partial charge is 0.352 e. The average molecular weight is 317 g/mol. The van der Waals surface area contributed by atoms with Gasteiger partial charge in [0.05, 0.1) is 4.90 Å². The number of benzene rings is 1. The number of carbonyl (C=O) groups excluding carboxylic acids is 1. The van der Waals surface area contributed by atoms with Gasteiger partial charge in [-0.15, -0.1) is 0 Å². The van der Waals surface area contributed by atoms with Gasteiger partial charge in [0.2, 0.25) is 5.91 Å². The van der Waals surface area contributed by atoms with Gasteiger partial charge in [0.15, 0.2) is 21.5 Å². The highest BCUT2D eigenvalue weighted by molar-refractivity contribution is 7.92. The lowest BCUT2D eigenvalue weighted by Crippen LogP contribution is -2.39. The van der Waals surface area contributed by atoms with Crippen molar-refractivity contribution in [3.05, 3.63) is 29.8 Å². The van der Waals surface area contributed by atoms with Crippen LogP contribution in [0.4, 0.5) is 8.78 Å². The molecule has 0 unspecified atom stereocenters. The highest BCUT2D eigenvalue weighted by atomic mass is 32.2. The third kappa shape index (κ3) is 4.23. The number of nitrogens with one attached hydrogen (secondary N) is 1. The number of amides is 1. The van der Waals surface area contributed by atoms with Crippen LogP contribution in [-0.2, 0) is 14.6 Å². The zero-order valence-electron chi connectivity index (χ0n) is 11.4. The summed E-state index contributed by atoms with van der Waals surface area (Å²) in [6.45, 7) is 0. The average Bonchev–Trinajstić information content (AvgIpc) is 2.42. The Morgan fingerprint density at radius 3 is 2.43 bits per heavy atom. The lowest BCUT2D eigenvalue weighted by atomic mass is 9.95. The molecule has 4 nitrogen and oxygen atoms in total. The molecular formula is C14H17F2NO3S. The van der Waals surface area contributed by atoms with E-state index in [1.165, 1.54) is 0 Å². The summed E-state index contributed by atoms with van der Waals surface area (Å²) in [7, 11) is -3.97. The van der Waals surface area contributed by atoms with Crippen molar-refractivity contribution < 1.29 is 22.0 Å². The Kier molecular flexibility index (Phi) is 4.92. The van der Waals surface area contributed by atoms with Gasteiger partial charge in [-0.25, -0.2) is 17.2 Å². The van der Waals surface area contributed by atoms with Crippen LogP contribution in [0.5, 0.6) is 0 Å². The minimum Gasteiger partial charge on any atom is -0.352 e. The van der Waals surface area contributed by atoms with Crippen molar-refractivity contribution in [2.45, 2.75) is 43.0 Å². The van der Waals surface area contributed by atoms with Crippen molar-refractivity contribution in [3.8, 4) is 0 Å². The van der Waals surface area contributed by atoms with Crippen LogP contribution in [0.2, 0.25) is 0 Å². The first-order valence-electron chi connectivity index (χ1n) is 6.85. The summed E-state index contributed by atoms with van der Waals surface area (Å²) in [5, 5.41) is 2.68. The van der Waals surface area contributed by atoms with E-state index < -0.39 is 33.1 Å². The van der Waals surface area contributed by atoms with Gasteiger partial charge in [0.1, 0.15) is 5.75 Å². The van der Waals surface area contributed by atoms with Crippen molar-refractivity contribution in [2.75, 3.05) is 5.75 Å². The molecule has 0 radical (unpaired) electrons. The van der Waals surface area contributed by atoms with E-state index in [0.717, 1.165) is 44.2 Å². The van der Waals surface area contributed by atoms with E-state index in [4.69, 9.17) is 0 Å². The highest BCUT2D eigenvalue weighted by Gasteiger charge is 2.23. The van der Waals surface area contributed by atoms with Crippen LogP contribution in [0, 0.1) is 11.6 Å².